The van der Waals surface area contributed by atoms with Gasteiger partial charge in [0.25, 0.3) is 5.56 Å². The first kappa shape index (κ1) is 17.0. The van der Waals surface area contributed by atoms with E-state index in [9.17, 15) is 9.59 Å². The van der Waals surface area contributed by atoms with Crippen molar-refractivity contribution in [3.63, 3.8) is 0 Å². The molecule has 0 aliphatic rings. The molecule has 0 unspecified atom stereocenters. The van der Waals surface area contributed by atoms with E-state index in [1.165, 1.54) is 23.1 Å². The highest BCUT2D eigenvalue weighted by Gasteiger charge is 2.18. The summed E-state index contributed by atoms with van der Waals surface area (Å²) >= 11 is 2.85. The third kappa shape index (κ3) is 3.20. The Kier molecular flexibility index (Phi) is 5.28. The van der Waals surface area contributed by atoms with E-state index in [0.717, 1.165) is 15.3 Å². The molecule has 7 heteroatoms. The summed E-state index contributed by atoms with van der Waals surface area (Å²) < 4.78 is 1.69. The molecule has 0 atom stereocenters. The Morgan fingerprint density at radius 1 is 1.41 bits per heavy atom. The van der Waals surface area contributed by atoms with Gasteiger partial charge in [0, 0.05) is 17.5 Å². The summed E-state index contributed by atoms with van der Waals surface area (Å²) in [6.45, 7) is 10.4. The van der Waals surface area contributed by atoms with Crippen LogP contribution in [0.25, 0.3) is 10.2 Å². The van der Waals surface area contributed by atoms with Gasteiger partial charge < -0.3 is 5.32 Å². The van der Waals surface area contributed by atoms with Crippen molar-refractivity contribution in [2.24, 2.45) is 0 Å². The van der Waals surface area contributed by atoms with Crippen LogP contribution in [-0.2, 0) is 4.79 Å². The quantitative estimate of drug-likeness (QED) is 0.672. The van der Waals surface area contributed by atoms with Crippen molar-refractivity contribution >= 4 is 39.2 Å². The number of aromatic nitrogens is 2. The van der Waals surface area contributed by atoms with Gasteiger partial charge >= 0.3 is 0 Å². The molecule has 0 aromatic carbocycles. The predicted molar refractivity (Wildman–Crippen MR) is 93.1 cm³/mol. The van der Waals surface area contributed by atoms with Gasteiger partial charge in [-0.2, -0.15) is 0 Å². The number of thioether (sulfide) groups is 1. The lowest BCUT2D eigenvalue weighted by Crippen LogP contribution is -2.27. The summed E-state index contributed by atoms with van der Waals surface area (Å²) in [5, 5.41) is 4.08. The zero-order chi connectivity index (χ0) is 16.4. The van der Waals surface area contributed by atoms with Crippen LogP contribution < -0.4 is 10.9 Å². The second-order valence-corrected chi connectivity index (χ2v) is 7.51. The number of nitrogens with zero attached hydrogens (tertiary/aromatic N) is 2. The topological polar surface area (TPSA) is 64.0 Å². The molecule has 0 aliphatic carbocycles. The molecule has 2 rings (SSSR count). The first-order valence-electron chi connectivity index (χ1n) is 7.28. The van der Waals surface area contributed by atoms with Crippen molar-refractivity contribution < 1.29 is 4.79 Å². The van der Waals surface area contributed by atoms with Gasteiger partial charge in [-0.3, -0.25) is 14.2 Å². The van der Waals surface area contributed by atoms with E-state index in [1.807, 2.05) is 34.6 Å². The van der Waals surface area contributed by atoms with Crippen molar-refractivity contribution in [2.45, 2.75) is 45.8 Å². The third-order valence-corrected chi connectivity index (χ3v) is 5.48. The number of hydrogen-bond donors (Lipinski definition) is 1. The van der Waals surface area contributed by atoms with Crippen LogP contribution in [0, 0.1) is 13.8 Å². The summed E-state index contributed by atoms with van der Waals surface area (Å²) in [5.74, 6) is 0.220. The number of rotatable bonds is 5. The largest absolute Gasteiger partial charge is 0.356 e. The minimum Gasteiger partial charge on any atom is -0.356 e. The second kappa shape index (κ2) is 6.83. The Hall–Kier alpha value is -1.34. The maximum atomic E-state index is 12.8. The smallest absolute Gasteiger partial charge is 0.263 e. The molecule has 2 heterocycles. The Balaban J connectivity index is 2.51. The fourth-order valence-corrected chi connectivity index (χ4v) is 4.25. The van der Waals surface area contributed by atoms with Crippen molar-refractivity contribution in [3.05, 3.63) is 20.8 Å². The van der Waals surface area contributed by atoms with Crippen LogP contribution in [0.15, 0.2) is 9.95 Å². The molecule has 0 saturated carbocycles. The maximum Gasteiger partial charge on any atom is 0.263 e. The standard InChI is InChI=1S/C15H21N3O2S2/c1-6-16-11(19)7-21-15-17-13-12(9(4)10(5)22-13)14(20)18(15)8(2)3/h8H,6-7H2,1-5H3,(H,16,19). The molecule has 2 aromatic heterocycles. The van der Waals surface area contributed by atoms with E-state index < -0.39 is 0 Å². The minimum absolute atomic E-state index is 0.000687. The molecule has 0 fully saturated rings. The van der Waals surface area contributed by atoms with E-state index in [4.69, 9.17) is 0 Å². The highest BCUT2D eigenvalue weighted by Crippen LogP contribution is 2.29. The van der Waals surface area contributed by atoms with Crippen LogP contribution in [-0.4, -0.2) is 27.8 Å². The lowest BCUT2D eigenvalue weighted by atomic mass is 10.2. The van der Waals surface area contributed by atoms with E-state index in [1.54, 1.807) is 4.57 Å². The van der Waals surface area contributed by atoms with Crippen LogP contribution in [0.1, 0.15) is 37.3 Å². The summed E-state index contributed by atoms with van der Waals surface area (Å²) in [6.07, 6.45) is 0. The molecule has 0 spiro atoms. The third-order valence-electron chi connectivity index (χ3n) is 3.43. The number of nitrogens with one attached hydrogen (secondary N) is 1. The van der Waals surface area contributed by atoms with E-state index in [-0.39, 0.29) is 23.3 Å². The summed E-state index contributed by atoms with van der Waals surface area (Å²) in [4.78, 5) is 31.0. The molecule has 2 aromatic rings. The number of aryl methyl sites for hydroxylation is 2. The first-order chi connectivity index (χ1) is 10.4. The van der Waals surface area contributed by atoms with Gasteiger partial charge in [0.15, 0.2) is 5.16 Å². The highest BCUT2D eigenvalue weighted by atomic mass is 32.2. The van der Waals surface area contributed by atoms with Gasteiger partial charge in [0.05, 0.1) is 11.1 Å². The Labute approximate surface area is 138 Å². The van der Waals surface area contributed by atoms with E-state index in [0.29, 0.717) is 17.1 Å². The highest BCUT2D eigenvalue weighted by molar-refractivity contribution is 7.99. The lowest BCUT2D eigenvalue weighted by Gasteiger charge is -2.15. The van der Waals surface area contributed by atoms with E-state index >= 15 is 0 Å². The molecular formula is C15H21N3O2S2. The average Bonchev–Trinajstić information content (AvgIpc) is 2.71. The molecule has 0 radical (unpaired) electrons. The van der Waals surface area contributed by atoms with Crippen molar-refractivity contribution in [3.8, 4) is 0 Å². The molecule has 0 aliphatic heterocycles. The number of thiophene rings is 1. The molecule has 0 bridgehead atoms. The predicted octanol–water partition coefficient (Wildman–Crippen LogP) is 2.88. The molecule has 22 heavy (non-hydrogen) atoms. The molecule has 0 saturated heterocycles. The fourth-order valence-electron chi connectivity index (χ4n) is 2.22. The van der Waals surface area contributed by atoms with Crippen molar-refractivity contribution in [1.29, 1.82) is 0 Å². The Morgan fingerprint density at radius 3 is 2.68 bits per heavy atom. The van der Waals surface area contributed by atoms with Crippen LogP contribution in [0.2, 0.25) is 0 Å². The molecule has 1 N–H and O–H groups in total. The minimum atomic E-state index is -0.0457. The van der Waals surface area contributed by atoms with Crippen molar-refractivity contribution in [1.82, 2.24) is 14.9 Å². The Bertz CT molecular complexity index is 762. The van der Waals surface area contributed by atoms with Crippen LogP contribution >= 0.6 is 23.1 Å². The van der Waals surface area contributed by atoms with Gasteiger partial charge in [-0.25, -0.2) is 4.98 Å². The fraction of sp³-hybridized carbons (Fsp3) is 0.533. The van der Waals surface area contributed by atoms with Gasteiger partial charge in [-0.1, -0.05) is 11.8 Å². The van der Waals surface area contributed by atoms with Crippen LogP contribution in [0.5, 0.6) is 0 Å². The van der Waals surface area contributed by atoms with Gasteiger partial charge in [0.2, 0.25) is 5.91 Å². The lowest BCUT2D eigenvalue weighted by molar-refractivity contribution is -0.118. The van der Waals surface area contributed by atoms with Gasteiger partial charge in [-0.05, 0) is 40.2 Å². The second-order valence-electron chi connectivity index (χ2n) is 5.37. The zero-order valence-corrected chi connectivity index (χ0v) is 15.2. The number of amides is 1. The first-order valence-corrected chi connectivity index (χ1v) is 9.08. The number of fused-ring (bicyclic) bond motifs is 1. The number of carbonyl (C=O) groups is 1. The average molecular weight is 339 g/mol. The van der Waals surface area contributed by atoms with Gasteiger partial charge in [-0.15, -0.1) is 11.3 Å². The number of hydrogen-bond acceptors (Lipinski definition) is 5. The maximum absolute atomic E-state index is 12.8. The summed E-state index contributed by atoms with van der Waals surface area (Å²) in [7, 11) is 0. The van der Waals surface area contributed by atoms with E-state index in [2.05, 4.69) is 10.3 Å². The summed E-state index contributed by atoms with van der Waals surface area (Å²) in [6, 6.07) is 0.000687. The molecule has 1 amide bonds. The number of carbonyl (C=O) groups excluding carboxylic acids is 1. The van der Waals surface area contributed by atoms with Crippen molar-refractivity contribution in [2.75, 3.05) is 12.3 Å². The zero-order valence-electron chi connectivity index (χ0n) is 13.5. The van der Waals surface area contributed by atoms with Crippen LogP contribution in [0.4, 0.5) is 0 Å². The van der Waals surface area contributed by atoms with Crippen LogP contribution in [0.3, 0.4) is 0 Å². The molecule has 5 nitrogen and oxygen atoms in total. The monoisotopic (exact) mass is 339 g/mol. The normalized spacial score (nSPS) is 11.4. The van der Waals surface area contributed by atoms with Gasteiger partial charge in [0.1, 0.15) is 4.83 Å². The molecule has 120 valence electrons. The summed E-state index contributed by atoms with van der Waals surface area (Å²) in [5.41, 5.74) is 0.993. The Morgan fingerprint density at radius 2 is 2.09 bits per heavy atom. The molecular weight excluding hydrogens is 318 g/mol. The SMILES string of the molecule is CCNC(=O)CSc1nc2sc(C)c(C)c2c(=O)n1C(C)C.